The number of nitrogens with zero attached hydrogens (tertiary/aromatic N) is 4. The van der Waals surface area contributed by atoms with E-state index in [0.717, 1.165) is 10.2 Å². The molecule has 1 fully saturated rings. The molecule has 1 aromatic carbocycles. The van der Waals surface area contributed by atoms with Crippen molar-refractivity contribution in [1.82, 2.24) is 19.9 Å². The highest BCUT2D eigenvalue weighted by atomic mass is 35.5. The number of aromatic nitrogens is 3. The van der Waals surface area contributed by atoms with Gasteiger partial charge in [0.05, 0.1) is 10.2 Å². The Morgan fingerprint density at radius 2 is 1.96 bits per heavy atom. The van der Waals surface area contributed by atoms with Gasteiger partial charge in [-0.15, -0.1) is 0 Å². The number of fused-ring (bicyclic) bond motifs is 1. The third kappa shape index (κ3) is 3.69. The van der Waals surface area contributed by atoms with Crippen LogP contribution in [0.5, 0.6) is 0 Å². The van der Waals surface area contributed by atoms with Crippen molar-refractivity contribution in [2.45, 2.75) is 18.5 Å². The van der Waals surface area contributed by atoms with Gasteiger partial charge in [-0.05, 0) is 18.2 Å². The van der Waals surface area contributed by atoms with Crippen molar-refractivity contribution in [1.29, 1.82) is 0 Å². The van der Waals surface area contributed by atoms with Crippen molar-refractivity contribution in [2.75, 3.05) is 18.4 Å². The maximum atomic E-state index is 15.2. The van der Waals surface area contributed by atoms with Crippen LogP contribution >= 0.6 is 34.5 Å². The molecular formula is C17H14Cl2FN5OS. The molecule has 0 atom stereocenters. The zero-order chi connectivity index (χ0) is 19.0. The Hall–Kier alpha value is -2.03. The molecule has 6 nitrogen and oxygen atoms in total. The van der Waals surface area contributed by atoms with Crippen LogP contribution in [0.25, 0.3) is 10.2 Å². The Balaban J connectivity index is 1.43. The first-order valence-corrected chi connectivity index (χ1v) is 9.80. The first kappa shape index (κ1) is 18.3. The number of thiazole rings is 1. The van der Waals surface area contributed by atoms with Crippen LogP contribution in [0.4, 0.5) is 14.3 Å². The van der Waals surface area contributed by atoms with Crippen molar-refractivity contribution >= 4 is 55.9 Å². The number of rotatable bonds is 2. The van der Waals surface area contributed by atoms with Crippen LogP contribution in [0.15, 0.2) is 30.6 Å². The molecule has 2 aromatic heterocycles. The quantitative estimate of drug-likeness (QED) is 0.634. The maximum Gasteiger partial charge on any atom is 0.323 e. The smallest absolute Gasteiger partial charge is 0.323 e. The van der Waals surface area contributed by atoms with Gasteiger partial charge in [0, 0.05) is 43.3 Å². The molecule has 3 heterocycles. The minimum Gasteiger partial charge on any atom is -0.324 e. The van der Waals surface area contributed by atoms with Crippen LogP contribution < -0.4 is 5.32 Å². The summed E-state index contributed by atoms with van der Waals surface area (Å²) >= 11 is 13.3. The monoisotopic (exact) mass is 425 g/mol. The van der Waals surface area contributed by atoms with E-state index in [-0.39, 0.29) is 42.8 Å². The molecule has 0 radical (unpaired) electrons. The minimum atomic E-state index is -1.69. The Morgan fingerprint density at radius 3 is 2.70 bits per heavy atom. The zero-order valence-corrected chi connectivity index (χ0v) is 16.3. The van der Waals surface area contributed by atoms with Crippen molar-refractivity contribution in [3.05, 3.63) is 46.5 Å². The molecule has 0 unspecified atom stereocenters. The van der Waals surface area contributed by atoms with E-state index < -0.39 is 5.67 Å². The van der Waals surface area contributed by atoms with E-state index in [4.69, 9.17) is 23.2 Å². The summed E-state index contributed by atoms with van der Waals surface area (Å²) in [6.07, 6.45) is 3.05. The van der Waals surface area contributed by atoms with Gasteiger partial charge in [-0.25, -0.2) is 19.2 Å². The van der Waals surface area contributed by atoms with E-state index in [2.05, 4.69) is 20.3 Å². The molecular weight excluding hydrogens is 412 g/mol. The van der Waals surface area contributed by atoms with Crippen molar-refractivity contribution in [2.24, 2.45) is 0 Å². The molecule has 1 saturated heterocycles. The van der Waals surface area contributed by atoms with Gasteiger partial charge in [-0.3, -0.25) is 10.3 Å². The van der Waals surface area contributed by atoms with E-state index in [9.17, 15) is 4.79 Å². The first-order valence-electron chi connectivity index (χ1n) is 8.22. The third-order valence-electron chi connectivity index (χ3n) is 4.48. The number of hydrogen-bond donors (Lipinski definition) is 1. The fourth-order valence-corrected chi connectivity index (χ4v) is 4.32. The second-order valence-corrected chi connectivity index (χ2v) is 8.03. The predicted octanol–water partition coefficient (Wildman–Crippen LogP) is 4.89. The number of hydrogen-bond acceptors (Lipinski definition) is 5. The van der Waals surface area contributed by atoms with Gasteiger partial charge in [-0.2, -0.15) is 0 Å². The van der Waals surface area contributed by atoms with Gasteiger partial charge in [0.1, 0.15) is 5.69 Å². The van der Waals surface area contributed by atoms with Gasteiger partial charge in [0.15, 0.2) is 16.0 Å². The lowest BCUT2D eigenvalue weighted by Crippen LogP contribution is -2.45. The normalized spacial score (nSPS) is 16.5. The van der Waals surface area contributed by atoms with Crippen LogP contribution in [-0.2, 0) is 5.67 Å². The lowest BCUT2D eigenvalue weighted by molar-refractivity contribution is 0.0681. The highest BCUT2D eigenvalue weighted by molar-refractivity contribution is 7.22. The van der Waals surface area contributed by atoms with Crippen LogP contribution in [0.3, 0.4) is 0 Å². The van der Waals surface area contributed by atoms with E-state index in [1.54, 1.807) is 17.0 Å². The average Bonchev–Trinajstić information content (AvgIpc) is 3.03. The van der Waals surface area contributed by atoms with Gasteiger partial charge < -0.3 is 4.90 Å². The second kappa shape index (κ2) is 7.18. The summed E-state index contributed by atoms with van der Waals surface area (Å²) < 4.78 is 16.2. The SMILES string of the molecule is O=C(Nc1nc2cc(Cl)ccc2s1)N1CCC(F)(c2nccnc2Cl)CC1. The van der Waals surface area contributed by atoms with Gasteiger partial charge >= 0.3 is 6.03 Å². The van der Waals surface area contributed by atoms with Crippen molar-refractivity contribution in [3.8, 4) is 0 Å². The average molecular weight is 426 g/mol. The number of nitrogens with one attached hydrogen (secondary N) is 1. The fraction of sp³-hybridized carbons (Fsp3) is 0.294. The maximum absolute atomic E-state index is 15.2. The summed E-state index contributed by atoms with van der Waals surface area (Å²) in [5.41, 5.74) is -0.828. The van der Waals surface area contributed by atoms with Gasteiger partial charge in [0.25, 0.3) is 0 Å². The number of alkyl halides is 1. The molecule has 2 amide bonds. The zero-order valence-electron chi connectivity index (χ0n) is 14.0. The summed E-state index contributed by atoms with van der Waals surface area (Å²) in [5.74, 6) is 0. The van der Waals surface area contributed by atoms with Crippen LogP contribution in [-0.4, -0.2) is 39.0 Å². The summed E-state index contributed by atoms with van der Waals surface area (Å²) in [4.78, 5) is 26.3. The molecule has 10 heteroatoms. The van der Waals surface area contributed by atoms with E-state index in [1.807, 2.05) is 6.07 Å². The van der Waals surface area contributed by atoms with Crippen LogP contribution in [0.1, 0.15) is 18.5 Å². The van der Waals surface area contributed by atoms with Gasteiger partial charge in [-0.1, -0.05) is 34.5 Å². The molecule has 1 aliphatic heterocycles. The highest BCUT2D eigenvalue weighted by Gasteiger charge is 2.40. The Bertz CT molecular complexity index is 1010. The summed E-state index contributed by atoms with van der Waals surface area (Å²) in [7, 11) is 0. The molecule has 0 spiro atoms. The van der Waals surface area contributed by atoms with Crippen LogP contribution in [0.2, 0.25) is 10.2 Å². The molecule has 140 valence electrons. The van der Waals surface area contributed by atoms with E-state index >= 15 is 4.39 Å². The van der Waals surface area contributed by atoms with E-state index in [0.29, 0.717) is 10.2 Å². The summed E-state index contributed by atoms with van der Waals surface area (Å²) in [5, 5.41) is 3.90. The number of halogens is 3. The first-order chi connectivity index (χ1) is 12.9. The number of likely N-dealkylation sites (tertiary alicyclic amines) is 1. The fourth-order valence-electron chi connectivity index (χ4n) is 3.05. The predicted molar refractivity (Wildman–Crippen MR) is 104 cm³/mol. The molecule has 0 bridgehead atoms. The number of piperidine rings is 1. The highest BCUT2D eigenvalue weighted by Crippen LogP contribution is 2.38. The van der Waals surface area contributed by atoms with Crippen molar-refractivity contribution in [3.63, 3.8) is 0 Å². The van der Waals surface area contributed by atoms with Crippen molar-refractivity contribution < 1.29 is 9.18 Å². The number of benzene rings is 1. The number of carbonyl (C=O) groups excluding carboxylic acids is 1. The summed E-state index contributed by atoms with van der Waals surface area (Å²) in [6.45, 7) is 0.484. The Morgan fingerprint density at radius 1 is 1.22 bits per heavy atom. The number of urea groups is 1. The standard InChI is InChI=1S/C17H14Cl2FN5OS/c18-10-1-2-12-11(9-10)23-15(27-12)24-16(26)25-7-3-17(20,4-8-25)13-14(19)22-6-5-21-13/h1-2,5-6,9H,3-4,7-8H2,(H,23,24,26). The minimum absolute atomic E-state index is 0.0611. The lowest BCUT2D eigenvalue weighted by Gasteiger charge is -2.35. The second-order valence-electron chi connectivity index (χ2n) is 6.21. The largest absolute Gasteiger partial charge is 0.324 e. The number of anilines is 1. The molecule has 4 rings (SSSR count). The topological polar surface area (TPSA) is 71.0 Å². The van der Waals surface area contributed by atoms with E-state index in [1.165, 1.54) is 23.7 Å². The third-order valence-corrected chi connectivity index (χ3v) is 5.95. The Labute approximate surface area is 168 Å². The summed E-state index contributed by atoms with van der Waals surface area (Å²) in [6, 6.07) is 5.06. The molecule has 0 aliphatic carbocycles. The molecule has 0 saturated carbocycles. The number of carbonyl (C=O) groups is 1. The molecule has 3 aromatic rings. The molecule has 1 aliphatic rings. The van der Waals surface area contributed by atoms with Crippen LogP contribution in [0, 0.1) is 0 Å². The number of amides is 2. The molecule has 27 heavy (non-hydrogen) atoms. The molecule has 1 N–H and O–H groups in total. The Kier molecular flexibility index (Phi) is 4.88. The van der Waals surface area contributed by atoms with Gasteiger partial charge in [0.2, 0.25) is 0 Å². The lowest BCUT2D eigenvalue weighted by atomic mass is 9.90.